The number of ether oxygens (including phenoxy) is 1. The third-order valence-electron chi connectivity index (χ3n) is 4.62. The number of alkyl carbamates (subject to hydrolysis) is 1. The second kappa shape index (κ2) is 9.93. The largest absolute Gasteiger partial charge is 0.444 e. The molecule has 1 amide bonds. The van der Waals surface area contributed by atoms with Crippen LogP contribution in [0, 0.1) is 11.8 Å². The van der Waals surface area contributed by atoms with Gasteiger partial charge in [-0.05, 0) is 58.8 Å². The van der Waals surface area contributed by atoms with Crippen LogP contribution >= 0.6 is 0 Å². The molecule has 1 fully saturated rings. The van der Waals surface area contributed by atoms with E-state index in [1.165, 1.54) is 19.3 Å². The monoisotopic (exact) mass is 390 g/mol. The zero-order valence-corrected chi connectivity index (χ0v) is 18.1. The van der Waals surface area contributed by atoms with E-state index in [2.05, 4.69) is 10.0 Å². The Morgan fingerprint density at radius 3 is 2.19 bits per heavy atom. The molecule has 7 heteroatoms. The first-order chi connectivity index (χ1) is 11.9. The van der Waals surface area contributed by atoms with Gasteiger partial charge in [0.05, 0.1) is 5.75 Å². The van der Waals surface area contributed by atoms with E-state index >= 15 is 0 Å². The molecular weight excluding hydrogens is 352 g/mol. The molecule has 1 aliphatic carbocycles. The van der Waals surface area contributed by atoms with E-state index in [0.29, 0.717) is 12.3 Å². The topological polar surface area (TPSA) is 84.5 Å². The quantitative estimate of drug-likeness (QED) is 0.660. The van der Waals surface area contributed by atoms with Gasteiger partial charge in [0.1, 0.15) is 5.60 Å². The van der Waals surface area contributed by atoms with E-state index in [9.17, 15) is 13.2 Å². The minimum Gasteiger partial charge on any atom is -0.444 e. The lowest BCUT2D eigenvalue weighted by Gasteiger charge is -2.29. The van der Waals surface area contributed by atoms with Gasteiger partial charge in [0.15, 0.2) is 0 Å². The molecule has 1 aliphatic rings. The lowest BCUT2D eigenvalue weighted by Crippen LogP contribution is -2.47. The Kier molecular flexibility index (Phi) is 8.86. The predicted octanol–water partition coefficient (Wildman–Crippen LogP) is 3.81. The van der Waals surface area contributed by atoms with Crippen LogP contribution in [0.3, 0.4) is 0 Å². The minimum atomic E-state index is -3.48. The molecule has 0 spiro atoms. The van der Waals surface area contributed by atoms with Crippen LogP contribution in [0.5, 0.6) is 0 Å². The third kappa shape index (κ3) is 9.76. The van der Waals surface area contributed by atoms with Crippen LogP contribution in [0.25, 0.3) is 0 Å². The van der Waals surface area contributed by atoms with Crippen molar-refractivity contribution in [1.29, 1.82) is 0 Å². The fourth-order valence-electron chi connectivity index (χ4n) is 3.54. The van der Waals surface area contributed by atoms with Crippen molar-refractivity contribution >= 4 is 16.1 Å². The fourth-order valence-corrected chi connectivity index (χ4v) is 5.14. The van der Waals surface area contributed by atoms with Gasteiger partial charge in [0.25, 0.3) is 0 Å². The van der Waals surface area contributed by atoms with Crippen molar-refractivity contribution in [3.63, 3.8) is 0 Å². The molecule has 26 heavy (non-hydrogen) atoms. The van der Waals surface area contributed by atoms with Gasteiger partial charge in [-0.25, -0.2) is 17.9 Å². The Morgan fingerprint density at radius 2 is 1.69 bits per heavy atom. The summed E-state index contributed by atoms with van der Waals surface area (Å²) in [4.78, 5) is 12.1. The highest BCUT2D eigenvalue weighted by atomic mass is 32.2. The van der Waals surface area contributed by atoms with Gasteiger partial charge in [-0.2, -0.15) is 0 Å². The zero-order valence-electron chi connectivity index (χ0n) is 17.3. The highest BCUT2D eigenvalue weighted by Crippen LogP contribution is 2.26. The summed E-state index contributed by atoms with van der Waals surface area (Å²) in [6.45, 7) is 11.3. The average Bonchev–Trinajstić information content (AvgIpc) is 2.44. The molecule has 2 N–H and O–H groups in total. The number of carbonyl (C=O) groups is 1. The first kappa shape index (κ1) is 23.2. The Labute approximate surface area is 159 Å². The Hall–Kier alpha value is -0.820. The average molecular weight is 391 g/mol. The molecule has 1 rings (SSSR count). The summed E-state index contributed by atoms with van der Waals surface area (Å²) in [6.07, 6.45) is 5.76. The molecule has 1 saturated carbocycles. The van der Waals surface area contributed by atoms with Crippen LogP contribution in [-0.2, 0) is 14.8 Å². The van der Waals surface area contributed by atoms with Crippen molar-refractivity contribution in [3.8, 4) is 0 Å². The molecular formula is C19H38N2O4S. The van der Waals surface area contributed by atoms with Gasteiger partial charge < -0.3 is 10.1 Å². The van der Waals surface area contributed by atoms with Crippen molar-refractivity contribution < 1.29 is 17.9 Å². The number of amides is 1. The molecule has 0 aliphatic heterocycles. The van der Waals surface area contributed by atoms with Crippen molar-refractivity contribution in [2.75, 3.05) is 5.75 Å². The number of rotatable bonds is 8. The maximum atomic E-state index is 12.6. The van der Waals surface area contributed by atoms with Crippen molar-refractivity contribution in [3.05, 3.63) is 0 Å². The summed E-state index contributed by atoms with van der Waals surface area (Å²) < 4.78 is 33.4. The first-order valence-electron chi connectivity index (χ1n) is 9.87. The van der Waals surface area contributed by atoms with Crippen LogP contribution < -0.4 is 10.0 Å². The van der Waals surface area contributed by atoms with E-state index in [-0.39, 0.29) is 17.7 Å². The summed E-state index contributed by atoms with van der Waals surface area (Å²) in [5.41, 5.74) is -0.612. The number of carbonyl (C=O) groups excluding carboxylic acids is 1. The Balaban J connectivity index is 2.67. The molecule has 0 aromatic rings. The third-order valence-corrected chi connectivity index (χ3v) is 6.19. The van der Waals surface area contributed by atoms with E-state index in [1.54, 1.807) is 20.8 Å². The Bertz CT molecular complexity index is 534. The van der Waals surface area contributed by atoms with E-state index in [1.807, 2.05) is 20.8 Å². The molecule has 0 aromatic carbocycles. The van der Waals surface area contributed by atoms with Crippen LogP contribution in [0.4, 0.5) is 4.79 Å². The van der Waals surface area contributed by atoms with Crippen LogP contribution in [0.2, 0.25) is 0 Å². The van der Waals surface area contributed by atoms with Crippen molar-refractivity contribution in [2.45, 2.75) is 97.8 Å². The van der Waals surface area contributed by atoms with Crippen molar-refractivity contribution in [1.82, 2.24) is 10.0 Å². The molecule has 0 heterocycles. The van der Waals surface area contributed by atoms with Gasteiger partial charge in [0, 0.05) is 12.1 Å². The molecule has 0 bridgehead atoms. The predicted molar refractivity (Wildman–Crippen MR) is 106 cm³/mol. The summed E-state index contributed by atoms with van der Waals surface area (Å²) in [6, 6.07) is -0.539. The minimum absolute atomic E-state index is 0.0680. The summed E-state index contributed by atoms with van der Waals surface area (Å²) in [5, 5.41) is 2.73. The summed E-state index contributed by atoms with van der Waals surface area (Å²) >= 11 is 0. The maximum absolute atomic E-state index is 12.6. The summed E-state index contributed by atoms with van der Waals surface area (Å²) in [5.74, 6) is 0.545. The maximum Gasteiger partial charge on any atom is 0.407 e. The summed E-state index contributed by atoms with van der Waals surface area (Å²) in [7, 11) is -3.48. The highest BCUT2D eigenvalue weighted by Gasteiger charge is 2.28. The van der Waals surface area contributed by atoms with E-state index in [4.69, 9.17) is 4.74 Å². The van der Waals surface area contributed by atoms with Gasteiger partial charge in [0.2, 0.25) is 10.0 Å². The molecule has 0 radical (unpaired) electrons. The van der Waals surface area contributed by atoms with Gasteiger partial charge >= 0.3 is 6.09 Å². The number of hydrogen-bond acceptors (Lipinski definition) is 4. The van der Waals surface area contributed by atoms with Gasteiger partial charge in [-0.3, -0.25) is 0 Å². The number of nitrogens with one attached hydrogen (secondary N) is 2. The molecule has 2 atom stereocenters. The van der Waals surface area contributed by atoms with Crippen LogP contribution in [0.15, 0.2) is 0 Å². The number of sulfonamides is 1. The second-order valence-electron chi connectivity index (χ2n) is 9.06. The van der Waals surface area contributed by atoms with Crippen molar-refractivity contribution in [2.24, 2.45) is 11.8 Å². The fraction of sp³-hybridized carbons (Fsp3) is 0.947. The normalized spacial score (nSPS) is 19.2. The smallest absolute Gasteiger partial charge is 0.407 e. The van der Waals surface area contributed by atoms with Crippen LogP contribution in [-0.4, -0.2) is 37.9 Å². The molecule has 6 nitrogen and oxygen atoms in total. The second-order valence-corrected chi connectivity index (χ2v) is 10.9. The van der Waals surface area contributed by atoms with Crippen LogP contribution in [0.1, 0.15) is 80.1 Å². The Morgan fingerprint density at radius 1 is 1.12 bits per heavy atom. The first-order valence-corrected chi connectivity index (χ1v) is 11.5. The molecule has 154 valence electrons. The molecule has 0 saturated heterocycles. The molecule has 0 aromatic heterocycles. The SMILES string of the molecule is CC(C)C[C@@H](CS(=O)(=O)N[C@@H](C)C1CCCCC1)NC(=O)OC(C)(C)C. The lowest BCUT2D eigenvalue weighted by atomic mass is 9.85. The van der Waals surface area contributed by atoms with E-state index in [0.717, 1.165) is 12.8 Å². The zero-order chi connectivity index (χ0) is 20.0. The number of hydrogen-bond donors (Lipinski definition) is 2. The van der Waals surface area contributed by atoms with Gasteiger partial charge in [-0.15, -0.1) is 0 Å². The van der Waals surface area contributed by atoms with E-state index < -0.39 is 27.8 Å². The molecule has 0 unspecified atom stereocenters. The highest BCUT2D eigenvalue weighted by molar-refractivity contribution is 7.89. The van der Waals surface area contributed by atoms with Gasteiger partial charge in [-0.1, -0.05) is 33.1 Å². The standard InChI is InChI=1S/C19H38N2O4S/c1-14(2)12-17(20-18(22)25-19(4,5)6)13-26(23,24)21-15(3)16-10-8-7-9-11-16/h14-17,21H,7-13H2,1-6H3,(H,20,22)/t15-,17-/m0/s1. The lowest BCUT2D eigenvalue weighted by molar-refractivity contribution is 0.0504.